The van der Waals surface area contributed by atoms with Gasteiger partial charge in [-0.15, -0.1) is 0 Å². The predicted molar refractivity (Wildman–Crippen MR) is 76.1 cm³/mol. The molecule has 0 spiro atoms. The van der Waals surface area contributed by atoms with Crippen LogP contribution in [0.2, 0.25) is 0 Å². The Morgan fingerprint density at radius 2 is 2.00 bits per heavy atom. The van der Waals surface area contributed by atoms with Crippen LogP contribution >= 0.6 is 0 Å². The zero-order chi connectivity index (χ0) is 14.0. The van der Waals surface area contributed by atoms with Gasteiger partial charge in [0.05, 0.1) is 24.3 Å². The van der Waals surface area contributed by atoms with Crippen LogP contribution in [0.5, 0.6) is 0 Å². The van der Waals surface area contributed by atoms with Gasteiger partial charge in [-0.25, -0.2) is 0 Å². The van der Waals surface area contributed by atoms with Crippen LogP contribution in [0.4, 0.5) is 5.69 Å². The van der Waals surface area contributed by atoms with Crippen LogP contribution in [-0.4, -0.2) is 48.3 Å². The molecule has 1 heterocycles. The fraction of sp³-hybridized carbons (Fsp3) is 0.533. The Morgan fingerprint density at radius 1 is 1.37 bits per heavy atom. The number of likely N-dealkylation sites (N-methyl/N-ethyl adjacent to an activating group) is 1. The molecule has 1 unspecified atom stereocenters. The molecule has 102 valence electrons. The topological polar surface area (TPSA) is 50.5 Å². The van der Waals surface area contributed by atoms with Gasteiger partial charge < -0.3 is 10.0 Å². The van der Waals surface area contributed by atoms with Crippen LogP contribution in [0.15, 0.2) is 24.3 Å². The molecule has 0 bridgehead atoms. The third-order valence-electron chi connectivity index (χ3n) is 3.90. The molecule has 19 heavy (non-hydrogen) atoms. The minimum absolute atomic E-state index is 0.00851. The van der Waals surface area contributed by atoms with Gasteiger partial charge in [-0.3, -0.25) is 4.90 Å². The molecule has 2 rings (SSSR count). The number of aliphatic hydroxyl groups excluding tert-OH is 1. The Kier molecular flexibility index (Phi) is 3.79. The van der Waals surface area contributed by atoms with Crippen molar-refractivity contribution in [2.75, 3.05) is 31.6 Å². The maximum Gasteiger partial charge on any atom is 0.0991 e. The van der Waals surface area contributed by atoms with E-state index < -0.39 is 0 Å². The van der Waals surface area contributed by atoms with Gasteiger partial charge in [0.15, 0.2) is 0 Å². The number of hydrogen-bond donors (Lipinski definition) is 1. The fourth-order valence-corrected chi connectivity index (χ4v) is 2.79. The molecule has 1 aliphatic rings. The summed E-state index contributed by atoms with van der Waals surface area (Å²) in [4.78, 5) is 4.52. The smallest absolute Gasteiger partial charge is 0.0991 e. The van der Waals surface area contributed by atoms with Crippen molar-refractivity contribution >= 4 is 5.69 Å². The van der Waals surface area contributed by atoms with Crippen LogP contribution in [0.3, 0.4) is 0 Å². The summed E-state index contributed by atoms with van der Waals surface area (Å²) in [6, 6.07) is 9.96. The van der Waals surface area contributed by atoms with E-state index in [9.17, 15) is 5.11 Å². The first-order valence-corrected chi connectivity index (χ1v) is 6.57. The van der Waals surface area contributed by atoms with Gasteiger partial charge in [-0.2, -0.15) is 5.26 Å². The van der Waals surface area contributed by atoms with E-state index in [1.807, 2.05) is 24.3 Å². The molecule has 1 aliphatic heterocycles. The molecular formula is C15H21N3O. The zero-order valence-electron chi connectivity index (χ0n) is 11.8. The first-order chi connectivity index (χ1) is 8.97. The van der Waals surface area contributed by atoms with E-state index in [1.54, 1.807) is 0 Å². The lowest BCUT2D eigenvalue weighted by Crippen LogP contribution is -2.63. The fourth-order valence-electron chi connectivity index (χ4n) is 2.79. The van der Waals surface area contributed by atoms with Gasteiger partial charge in [0.1, 0.15) is 0 Å². The van der Waals surface area contributed by atoms with Crippen molar-refractivity contribution in [2.45, 2.75) is 25.4 Å². The standard InChI is InChI=1S/C15H21N3O/c1-15(2)11-17(3)14(10-19)9-18(15)13-6-4-12(8-16)5-7-13/h4-7,14,19H,9-11H2,1-3H3. The Bertz CT molecular complexity index is 475. The first kappa shape index (κ1) is 13.9. The summed E-state index contributed by atoms with van der Waals surface area (Å²) in [5.41, 5.74) is 1.79. The number of benzene rings is 1. The van der Waals surface area contributed by atoms with Gasteiger partial charge in [0.25, 0.3) is 0 Å². The van der Waals surface area contributed by atoms with Gasteiger partial charge in [-0.1, -0.05) is 0 Å². The minimum Gasteiger partial charge on any atom is -0.395 e. The maximum atomic E-state index is 9.47. The molecule has 0 amide bonds. The average Bonchev–Trinajstić information content (AvgIpc) is 2.38. The molecule has 0 saturated carbocycles. The van der Waals surface area contributed by atoms with Crippen LogP contribution in [0.1, 0.15) is 19.4 Å². The number of anilines is 1. The Hall–Kier alpha value is -1.57. The predicted octanol–water partition coefficient (Wildman–Crippen LogP) is 1.45. The van der Waals surface area contributed by atoms with Crippen molar-refractivity contribution < 1.29 is 5.11 Å². The van der Waals surface area contributed by atoms with Crippen LogP contribution in [0, 0.1) is 11.3 Å². The second-order valence-corrected chi connectivity index (χ2v) is 5.83. The number of piperazine rings is 1. The average molecular weight is 259 g/mol. The minimum atomic E-state index is 0.00851. The summed E-state index contributed by atoms with van der Waals surface area (Å²) in [5.74, 6) is 0. The quantitative estimate of drug-likeness (QED) is 0.873. The van der Waals surface area contributed by atoms with Gasteiger partial charge in [0.2, 0.25) is 0 Å². The lowest BCUT2D eigenvalue weighted by molar-refractivity contribution is 0.0980. The van der Waals surface area contributed by atoms with E-state index in [4.69, 9.17) is 5.26 Å². The Balaban J connectivity index is 2.27. The molecule has 4 heteroatoms. The lowest BCUT2D eigenvalue weighted by atomic mass is 9.95. The molecule has 0 aromatic heterocycles. The number of hydrogen-bond acceptors (Lipinski definition) is 4. The summed E-state index contributed by atoms with van der Waals surface area (Å²) in [7, 11) is 2.05. The molecular weight excluding hydrogens is 238 g/mol. The molecule has 1 atom stereocenters. The maximum absolute atomic E-state index is 9.47. The van der Waals surface area contributed by atoms with Crippen molar-refractivity contribution in [3.8, 4) is 6.07 Å². The Labute approximate surface area is 114 Å². The van der Waals surface area contributed by atoms with Crippen molar-refractivity contribution in [1.29, 1.82) is 5.26 Å². The van der Waals surface area contributed by atoms with E-state index in [1.165, 1.54) is 0 Å². The third kappa shape index (κ3) is 2.73. The molecule has 1 fully saturated rings. The number of nitriles is 1. The molecule has 1 saturated heterocycles. The summed E-state index contributed by atoms with van der Waals surface area (Å²) in [6.45, 7) is 6.27. The highest BCUT2D eigenvalue weighted by Gasteiger charge is 2.37. The summed E-state index contributed by atoms with van der Waals surface area (Å²) in [6.07, 6.45) is 0. The van der Waals surface area contributed by atoms with Crippen molar-refractivity contribution in [3.05, 3.63) is 29.8 Å². The normalized spacial score (nSPS) is 23.1. The van der Waals surface area contributed by atoms with E-state index in [0.717, 1.165) is 18.8 Å². The van der Waals surface area contributed by atoms with Gasteiger partial charge in [0, 0.05) is 24.3 Å². The highest BCUT2D eigenvalue weighted by atomic mass is 16.3. The first-order valence-electron chi connectivity index (χ1n) is 6.57. The largest absolute Gasteiger partial charge is 0.395 e. The summed E-state index contributed by atoms with van der Waals surface area (Å²) in [5, 5.41) is 18.3. The number of aliphatic hydroxyl groups is 1. The summed E-state index contributed by atoms with van der Waals surface area (Å²) >= 11 is 0. The van der Waals surface area contributed by atoms with Crippen molar-refractivity contribution in [3.63, 3.8) is 0 Å². The second-order valence-electron chi connectivity index (χ2n) is 5.83. The highest BCUT2D eigenvalue weighted by Crippen LogP contribution is 2.29. The summed E-state index contributed by atoms with van der Waals surface area (Å²) < 4.78 is 0. The van der Waals surface area contributed by atoms with E-state index in [2.05, 4.69) is 36.8 Å². The number of nitrogens with zero attached hydrogens (tertiary/aromatic N) is 3. The Morgan fingerprint density at radius 3 is 2.53 bits per heavy atom. The monoisotopic (exact) mass is 259 g/mol. The molecule has 1 aromatic carbocycles. The SMILES string of the molecule is CN1CC(C)(C)N(c2ccc(C#N)cc2)CC1CO. The molecule has 0 aliphatic carbocycles. The second kappa shape index (κ2) is 5.20. The zero-order valence-corrected chi connectivity index (χ0v) is 11.8. The van der Waals surface area contributed by atoms with Crippen LogP contribution in [-0.2, 0) is 0 Å². The van der Waals surface area contributed by atoms with Crippen molar-refractivity contribution in [1.82, 2.24) is 4.90 Å². The molecule has 4 nitrogen and oxygen atoms in total. The molecule has 0 radical (unpaired) electrons. The number of rotatable bonds is 2. The van der Waals surface area contributed by atoms with Gasteiger partial charge in [-0.05, 0) is 45.2 Å². The highest BCUT2D eigenvalue weighted by molar-refractivity contribution is 5.52. The lowest BCUT2D eigenvalue weighted by Gasteiger charge is -2.51. The van der Waals surface area contributed by atoms with E-state index in [0.29, 0.717) is 5.56 Å². The molecule has 1 N–H and O–H groups in total. The van der Waals surface area contributed by atoms with Crippen LogP contribution in [0.25, 0.3) is 0 Å². The van der Waals surface area contributed by atoms with Gasteiger partial charge >= 0.3 is 0 Å². The van der Waals surface area contributed by atoms with Crippen LogP contribution < -0.4 is 4.90 Å². The molecule has 1 aromatic rings. The van der Waals surface area contributed by atoms with Crippen molar-refractivity contribution in [2.24, 2.45) is 0 Å². The third-order valence-corrected chi connectivity index (χ3v) is 3.90. The van der Waals surface area contributed by atoms with E-state index in [-0.39, 0.29) is 18.2 Å². The van der Waals surface area contributed by atoms with E-state index >= 15 is 0 Å².